The molecule has 9 heteroatoms. The second-order valence-electron chi connectivity index (χ2n) is 3.94. The Morgan fingerprint density at radius 2 is 2.45 bits per heavy atom. The number of amides is 4. The minimum atomic E-state index is -0.637. The number of pyridine rings is 1. The topological polar surface area (TPSA) is 111 Å². The molecule has 0 fully saturated rings. The Balaban J connectivity index is 1.82. The number of carbonyl (C=O) groups is 2. The molecular weight excluding hydrogens is 262 g/mol. The number of urea groups is 2. The lowest BCUT2D eigenvalue weighted by Gasteiger charge is -2.25. The standard InChI is InChI=1S/C11H13N7O2/c1-8-7-18(11(20)16-14-8)17-15-10(19)13-6-9-3-2-4-12-5-9/h2-6,17H,7H2,1H3,(H,15,19)(H,16,20)/b13-6+. The van der Waals surface area contributed by atoms with Gasteiger partial charge in [-0.3, -0.25) is 10.4 Å². The van der Waals surface area contributed by atoms with E-state index >= 15 is 0 Å². The molecule has 1 aliphatic rings. The number of aromatic nitrogens is 1. The smallest absolute Gasteiger partial charge is 0.264 e. The Kier molecular flexibility index (Phi) is 4.35. The van der Waals surface area contributed by atoms with Crippen molar-refractivity contribution < 1.29 is 9.59 Å². The van der Waals surface area contributed by atoms with Gasteiger partial charge in [-0.25, -0.2) is 25.0 Å². The highest BCUT2D eigenvalue weighted by atomic mass is 16.2. The van der Waals surface area contributed by atoms with Crippen molar-refractivity contribution in [2.75, 3.05) is 6.54 Å². The first-order valence-corrected chi connectivity index (χ1v) is 5.75. The molecule has 0 spiro atoms. The number of hydrogen-bond acceptors (Lipinski definition) is 5. The SMILES string of the molecule is CC1=NNC(=O)N(NNC(=O)/N=C/c2cccnc2)C1. The van der Waals surface area contributed by atoms with Crippen LogP contribution < -0.4 is 16.4 Å². The summed E-state index contributed by atoms with van der Waals surface area (Å²) < 4.78 is 0. The Hall–Kier alpha value is -2.81. The van der Waals surface area contributed by atoms with Gasteiger partial charge in [0.2, 0.25) is 0 Å². The van der Waals surface area contributed by atoms with Gasteiger partial charge in [-0.15, -0.1) is 5.53 Å². The maximum absolute atomic E-state index is 11.5. The molecule has 3 N–H and O–H groups in total. The summed E-state index contributed by atoms with van der Waals surface area (Å²) in [5.41, 5.74) is 8.40. The second-order valence-corrected chi connectivity index (χ2v) is 3.94. The zero-order chi connectivity index (χ0) is 14.4. The molecule has 1 aromatic rings. The fraction of sp³-hybridized carbons (Fsp3) is 0.182. The van der Waals surface area contributed by atoms with Crippen molar-refractivity contribution in [3.63, 3.8) is 0 Å². The Labute approximate surface area is 114 Å². The predicted octanol–water partition coefficient (Wildman–Crippen LogP) is 0.0308. The van der Waals surface area contributed by atoms with Gasteiger partial charge in [0.05, 0.1) is 12.3 Å². The summed E-state index contributed by atoms with van der Waals surface area (Å²) in [5, 5.41) is 4.92. The summed E-state index contributed by atoms with van der Waals surface area (Å²) in [6.45, 7) is 2.01. The van der Waals surface area contributed by atoms with Crippen molar-refractivity contribution in [3.05, 3.63) is 30.1 Å². The first-order valence-electron chi connectivity index (χ1n) is 5.75. The highest BCUT2D eigenvalue weighted by Gasteiger charge is 2.18. The van der Waals surface area contributed by atoms with Crippen LogP contribution in [0.2, 0.25) is 0 Å². The van der Waals surface area contributed by atoms with E-state index in [2.05, 4.69) is 31.5 Å². The molecule has 0 saturated carbocycles. The largest absolute Gasteiger partial charge is 0.356 e. The fourth-order valence-corrected chi connectivity index (χ4v) is 1.36. The highest BCUT2D eigenvalue weighted by Crippen LogP contribution is 1.93. The van der Waals surface area contributed by atoms with Gasteiger partial charge in [0, 0.05) is 24.2 Å². The quantitative estimate of drug-likeness (QED) is 0.533. The molecule has 0 atom stereocenters. The Morgan fingerprint density at radius 3 is 3.20 bits per heavy atom. The van der Waals surface area contributed by atoms with E-state index in [9.17, 15) is 9.59 Å². The number of hydrazone groups is 1. The molecule has 104 valence electrons. The van der Waals surface area contributed by atoms with Crippen molar-refractivity contribution in [1.82, 2.24) is 26.4 Å². The van der Waals surface area contributed by atoms with Gasteiger partial charge in [-0.05, 0) is 13.0 Å². The number of carbonyl (C=O) groups excluding carboxylic acids is 2. The molecular formula is C11H13N7O2. The predicted molar refractivity (Wildman–Crippen MR) is 71.8 cm³/mol. The van der Waals surface area contributed by atoms with Gasteiger partial charge in [0.25, 0.3) is 0 Å². The average Bonchev–Trinajstić information content (AvgIpc) is 2.47. The van der Waals surface area contributed by atoms with Crippen molar-refractivity contribution >= 4 is 24.0 Å². The maximum atomic E-state index is 11.5. The van der Waals surface area contributed by atoms with Gasteiger partial charge >= 0.3 is 12.1 Å². The van der Waals surface area contributed by atoms with Crippen LogP contribution in [-0.2, 0) is 0 Å². The van der Waals surface area contributed by atoms with Crippen molar-refractivity contribution in [2.45, 2.75) is 6.92 Å². The minimum Gasteiger partial charge on any atom is -0.264 e. The summed E-state index contributed by atoms with van der Waals surface area (Å²) >= 11 is 0. The van der Waals surface area contributed by atoms with E-state index in [1.54, 1.807) is 31.5 Å². The van der Waals surface area contributed by atoms with Crippen molar-refractivity contribution in [2.24, 2.45) is 10.1 Å². The second kappa shape index (κ2) is 6.38. The normalized spacial score (nSPS) is 14.9. The molecule has 20 heavy (non-hydrogen) atoms. The van der Waals surface area contributed by atoms with E-state index < -0.39 is 12.1 Å². The lowest BCUT2D eigenvalue weighted by atomic mass is 10.3. The van der Waals surface area contributed by atoms with E-state index in [4.69, 9.17) is 0 Å². The van der Waals surface area contributed by atoms with Gasteiger partial charge in [0.15, 0.2) is 0 Å². The summed E-state index contributed by atoms with van der Waals surface area (Å²) in [6.07, 6.45) is 4.56. The molecule has 1 aromatic heterocycles. The summed E-state index contributed by atoms with van der Waals surface area (Å²) in [7, 11) is 0. The van der Waals surface area contributed by atoms with E-state index in [1.807, 2.05) is 0 Å². The molecule has 1 aliphatic heterocycles. The van der Waals surface area contributed by atoms with Crippen LogP contribution in [-0.4, -0.2) is 40.5 Å². The molecule has 4 amide bonds. The first-order chi connectivity index (χ1) is 9.65. The van der Waals surface area contributed by atoms with Crippen LogP contribution in [0.4, 0.5) is 9.59 Å². The molecule has 2 rings (SSSR count). The molecule has 0 saturated heterocycles. The first kappa shape index (κ1) is 13.6. The van der Waals surface area contributed by atoms with Crippen LogP contribution in [0.25, 0.3) is 0 Å². The van der Waals surface area contributed by atoms with E-state index in [0.29, 0.717) is 11.3 Å². The van der Waals surface area contributed by atoms with E-state index in [-0.39, 0.29) is 6.54 Å². The number of rotatable bonds is 3. The zero-order valence-electron chi connectivity index (χ0n) is 10.7. The van der Waals surface area contributed by atoms with Gasteiger partial charge in [-0.1, -0.05) is 6.07 Å². The third-order valence-corrected chi connectivity index (χ3v) is 2.29. The Morgan fingerprint density at radius 1 is 1.60 bits per heavy atom. The van der Waals surface area contributed by atoms with Crippen LogP contribution in [0.1, 0.15) is 12.5 Å². The fourth-order valence-electron chi connectivity index (χ4n) is 1.36. The van der Waals surface area contributed by atoms with Gasteiger partial charge in [0.1, 0.15) is 0 Å². The van der Waals surface area contributed by atoms with Crippen LogP contribution in [0.5, 0.6) is 0 Å². The number of aliphatic imine (C=N–C) groups is 1. The number of hydrazine groups is 2. The maximum Gasteiger partial charge on any atom is 0.356 e. The van der Waals surface area contributed by atoms with Crippen molar-refractivity contribution in [3.8, 4) is 0 Å². The lowest BCUT2D eigenvalue weighted by molar-refractivity contribution is 0.163. The third kappa shape index (κ3) is 3.85. The molecule has 0 unspecified atom stereocenters. The minimum absolute atomic E-state index is 0.262. The van der Waals surface area contributed by atoms with E-state index in [1.165, 1.54) is 11.2 Å². The molecule has 2 heterocycles. The van der Waals surface area contributed by atoms with Crippen LogP contribution in [0.3, 0.4) is 0 Å². The van der Waals surface area contributed by atoms with Crippen LogP contribution in [0.15, 0.2) is 34.6 Å². The highest BCUT2D eigenvalue weighted by molar-refractivity contribution is 5.92. The summed E-state index contributed by atoms with van der Waals surface area (Å²) in [5.74, 6) is 0. The average molecular weight is 275 g/mol. The molecule has 0 aliphatic carbocycles. The monoisotopic (exact) mass is 275 g/mol. The zero-order valence-corrected chi connectivity index (χ0v) is 10.7. The Bertz CT molecular complexity index is 555. The molecule has 0 radical (unpaired) electrons. The van der Waals surface area contributed by atoms with E-state index in [0.717, 1.165) is 0 Å². The number of nitrogens with one attached hydrogen (secondary N) is 3. The number of nitrogens with zero attached hydrogens (tertiary/aromatic N) is 4. The van der Waals surface area contributed by atoms with Crippen LogP contribution in [0, 0.1) is 0 Å². The number of hydrogen-bond donors (Lipinski definition) is 3. The van der Waals surface area contributed by atoms with Crippen LogP contribution >= 0.6 is 0 Å². The van der Waals surface area contributed by atoms with Crippen molar-refractivity contribution in [1.29, 1.82) is 0 Å². The lowest BCUT2D eigenvalue weighted by Crippen LogP contribution is -2.57. The molecule has 0 bridgehead atoms. The summed E-state index contributed by atoms with van der Waals surface area (Å²) in [6, 6.07) is 2.39. The molecule has 9 nitrogen and oxygen atoms in total. The molecule has 0 aromatic carbocycles. The third-order valence-electron chi connectivity index (χ3n) is 2.29. The van der Waals surface area contributed by atoms with Gasteiger partial charge < -0.3 is 0 Å². The van der Waals surface area contributed by atoms with Gasteiger partial charge in [-0.2, -0.15) is 5.10 Å². The summed E-state index contributed by atoms with van der Waals surface area (Å²) in [4.78, 5) is 30.4.